The van der Waals surface area contributed by atoms with Gasteiger partial charge in [0.1, 0.15) is 11.6 Å². The number of benzene rings is 3. The van der Waals surface area contributed by atoms with Crippen LogP contribution >= 0.6 is 27.5 Å². The van der Waals surface area contributed by atoms with Gasteiger partial charge in [0.15, 0.2) is 18.1 Å². The molecule has 190 valence electrons. The zero-order valence-corrected chi connectivity index (χ0v) is 22.9. The molecular formula is C28H25BrClN3O4. The lowest BCUT2D eigenvalue weighted by Crippen LogP contribution is -2.21. The molecule has 0 aliphatic carbocycles. The Morgan fingerprint density at radius 3 is 2.57 bits per heavy atom. The van der Waals surface area contributed by atoms with E-state index >= 15 is 0 Å². The first-order valence-electron chi connectivity index (χ1n) is 11.3. The van der Waals surface area contributed by atoms with E-state index in [1.807, 2.05) is 45.0 Å². The predicted octanol–water partition coefficient (Wildman–Crippen LogP) is 6.68. The number of amides is 2. The molecule has 37 heavy (non-hydrogen) atoms. The number of nitrogens with zero attached hydrogens (tertiary/aromatic N) is 1. The highest BCUT2D eigenvalue weighted by molar-refractivity contribution is 9.10. The third-order valence-corrected chi connectivity index (χ3v) is 5.93. The van der Waals surface area contributed by atoms with Crippen molar-refractivity contribution in [1.82, 2.24) is 0 Å². The molecule has 0 bridgehead atoms. The van der Waals surface area contributed by atoms with Crippen molar-refractivity contribution in [2.75, 3.05) is 23.8 Å². The van der Waals surface area contributed by atoms with Crippen LogP contribution in [-0.4, -0.2) is 25.0 Å². The molecule has 7 nitrogen and oxygen atoms in total. The summed E-state index contributed by atoms with van der Waals surface area (Å²) in [6.45, 7) is 5.77. The normalized spacial score (nSPS) is 10.9. The molecule has 0 unspecified atom stereocenters. The van der Waals surface area contributed by atoms with Crippen LogP contribution in [0.2, 0.25) is 5.02 Å². The second-order valence-corrected chi connectivity index (χ2v) is 9.34. The molecule has 0 atom stereocenters. The third-order valence-electron chi connectivity index (χ3n) is 5.11. The molecule has 0 radical (unpaired) electrons. The zero-order valence-electron chi connectivity index (χ0n) is 20.5. The minimum atomic E-state index is -0.581. The Labute approximate surface area is 229 Å². The Kier molecular flexibility index (Phi) is 9.72. The number of aryl methyl sites for hydroxylation is 2. The summed E-state index contributed by atoms with van der Waals surface area (Å²) in [7, 11) is 0. The molecule has 0 spiro atoms. The molecule has 9 heteroatoms. The van der Waals surface area contributed by atoms with Gasteiger partial charge in [0, 0.05) is 16.4 Å². The fraction of sp³-hybridized carbons (Fsp3) is 0.179. The van der Waals surface area contributed by atoms with Gasteiger partial charge in [-0.1, -0.05) is 29.8 Å². The lowest BCUT2D eigenvalue weighted by atomic mass is 10.1. The molecule has 0 aliphatic rings. The van der Waals surface area contributed by atoms with Crippen LogP contribution in [-0.2, 0) is 9.59 Å². The van der Waals surface area contributed by atoms with Crippen LogP contribution in [0, 0.1) is 25.2 Å². The quantitative estimate of drug-likeness (QED) is 0.216. The van der Waals surface area contributed by atoms with E-state index in [4.69, 9.17) is 21.1 Å². The maximum atomic E-state index is 12.6. The van der Waals surface area contributed by atoms with Crippen molar-refractivity contribution in [3.05, 3.63) is 86.4 Å². The van der Waals surface area contributed by atoms with Gasteiger partial charge in [0.05, 0.1) is 11.1 Å². The summed E-state index contributed by atoms with van der Waals surface area (Å²) in [6, 6.07) is 17.7. The number of anilines is 2. The summed E-state index contributed by atoms with van der Waals surface area (Å²) in [5.41, 5.74) is 3.58. The van der Waals surface area contributed by atoms with Gasteiger partial charge in [-0.05, 0) is 95.9 Å². The minimum Gasteiger partial charge on any atom is -0.490 e. The van der Waals surface area contributed by atoms with Gasteiger partial charge in [-0.25, -0.2) is 0 Å². The number of hydrogen-bond acceptors (Lipinski definition) is 5. The van der Waals surface area contributed by atoms with Crippen LogP contribution in [0.25, 0.3) is 6.08 Å². The second-order valence-electron chi connectivity index (χ2n) is 8.05. The molecule has 3 aromatic carbocycles. The number of halogens is 2. The molecule has 2 amide bonds. The predicted molar refractivity (Wildman–Crippen MR) is 149 cm³/mol. The highest BCUT2D eigenvalue weighted by Crippen LogP contribution is 2.37. The van der Waals surface area contributed by atoms with E-state index in [2.05, 4.69) is 26.6 Å². The first kappa shape index (κ1) is 27.8. The lowest BCUT2D eigenvalue weighted by molar-refractivity contribution is -0.118. The molecule has 3 rings (SSSR count). The molecule has 0 fully saturated rings. The topological polar surface area (TPSA) is 100 Å². The highest BCUT2D eigenvalue weighted by Gasteiger charge is 2.16. The molecule has 0 heterocycles. The number of nitriles is 1. The van der Waals surface area contributed by atoms with E-state index < -0.39 is 5.91 Å². The van der Waals surface area contributed by atoms with Crippen LogP contribution in [0.4, 0.5) is 11.4 Å². The van der Waals surface area contributed by atoms with Gasteiger partial charge in [-0.2, -0.15) is 5.26 Å². The fourth-order valence-corrected chi connectivity index (χ4v) is 4.11. The first-order chi connectivity index (χ1) is 17.7. The smallest absolute Gasteiger partial charge is 0.266 e. The molecular weight excluding hydrogens is 558 g/mol. The number of carbonyl (C=O) groups is 2. The number of nitrogens with one attached hydrogen (secondary N) is 2. The van der Waals surface area contributed by atoms with E-state index in [9.17, 15) is 14.9 Å². The molecule has 0 saturated carbocycles. The standard InChI is InChI=1S/C28H25BrClN3O4/c1-4-36-25-13-19(11-20(15-31)28(35)32-22-7-5-6-21(30)14-22)12-23(29)27(25)37-16-26(34)33-24-10-17(2)8-9-18(24)3/h5-14H,4,16H2,1-3H3,(H,32,35)(H,33,34)/b20-11-. The van der Waals surface area contributed by atoms with Crippen molar-refractivity contribution in [1.29, 1.82) is 5.26 Å². The van der Waals surface area contributed by atoms with Crippen LogP contribution in [0.3, 0.4) is 0 Å². The SMILES string of the molecule is CCOc1cc(/C=C(/C#N)C(=O)Nc2cccc(Cl)c2)cc(Br)c1OCC(=O)Nc1cc(C)ccc1C. The Morgan fingerprint density at radius 2 is 1.86 bits per heavy atom. The molecule has 2 N–H and O–H groups in total. The van der Waals surface area contributed by atoms with Crippen LogP contribution in [0.1, 0.15) is 23.6 Å². The van der Waals surface area contributed by atoms with Gasteiger partial charge in [0.25, 0.3) is 11.8 Å². The summed E-state index contributed by atoms with van der Waals surface area (Å²) >= 11 is 9.42. The van der Waals surface area contributed by atoms with Crippen molar-refractivity contribution < 1.29 is 19.1 Å². The Balaban J connectivity index is 1.78. The van der Waals surface area contributed by atoms with E-state index in [1.165, 1.54) is 6.08 Å². The van der Waals surface area contributed by atoms with Crippen LogP contribution in [0.15, 0.2) is 64.6 Å². The summed E-state index contributed by atoms with van der Waals surface area (Å²) in [6.07, 6.45) is 1.43. The van der Waals surface area contributed by atoms with Gasteiger partial charge >= 0.3 is 0 Å². The van der Waals surface area contributed by atoms with Gasteiger partial charge in [-0.3, -0.25) is 9.59 Å². The molecule has 0 saturated heterocycles. The number of ether oxygens (including phenoxy) is 2. The largest absolute Gasteiger partial charge is 0.490 e. The van der Waals surface area contributed by atoms with Gasteiger partial charge in [-0.15, -0.1) is 0 Å². The van der Waals surface area contributed by atoms with E-state index in [1.54, 1.807) is 36.4 Å². The number of hydrogen-bond donors (Lipinski definition) is 2. The fourth-order valence-electron chi connectivity index (χ4n) is 3.35. The highest BCUT2D eigenvalue weighted by atomic mass is 79.9. The summed E-state index contributed by atoms with van der Waals surface area (Å²) < 4.78 is 12.0. The number of rotatable bonds is 9. The zero-order chi connectivity index (χ0) is 26.9. The Hall–Kier alpha value is -3.80. The van der Waals surface area contributed by atoms with E-state index in [0.717, 1.165) is 16.8 Å². The maximum absolute atomic E-state index is 12.6. The Morgan fingerprint density at radius 1 is 1.08 bits per heavy atom. The Bertz CT molecular complexity index is 1400. The van der Waals surface area contributed by atoms with Crippen molar-refractivity contribution >= 4 is 56.8 Å². The maximum Gasteiger partial charge on any atom is 0.266 e. The second kappa shape index (κ2) is 12.9. The first-order valence-corrected chi connectivity index (χ1v) is 12.5. The monoisotopic (exact) mass is 581 g/mol. The average molecular weight is 583 g/mol. The van der Waals surface area contributed by atoms with Crippen molar-refractivity contribution in [3.8, 4) is 17.6 Å². The van der Waals surface area contributed by atoms with Gasteiger partial charge < -0.3 is 20.1 Å². The van der Waals surface area contributed by atoms with Gasteiger partial charge in [0.2, 0.25) is 0 Å². The van der Waals surface area contributed by atoms with Crippen molar-refractivity contribution in [2.45, 2.75) is 20.8 Å². The number of carbonyl (C=O) groups excluding carboxylic acids is 2. The minimum absolute atomic E-state index is 0.115. The summed E-state index contributed by atoms with van der Waals surface area (Å²) in [4.78, 5) is 25.2. The summed E-state index contributed by atoms with van der Waals surface area (Å²) in [5.74, 6) is -0.217. The van der Waals surface area contributed by atoms with E-state index in [-0.39, 0.29) is 18.1 Å². The third kappa shape index (κ3) is 7.84. The van der Waals surface area contributed by atoms with Crippen LogP contribution < -0.4 is 20.1 Å². The van der Waals surface area contributed by atoms with Crippen molar-refractivity contribution in [3.63, 3.8) is 0 Å². The van der Waals surface area contributed by atoms with Crippen molar-refractivity contribution in [2.24, 2.45) is 0 Å². The summed E-state index contributed by atoms with van der Waals surface area (Å²) in [5, 5.41) is 15.5. The molecule has 0 aromatic heterocycles. The average Bonchev–Trinajstić information content (AvgIpc) is 2.84. The molecule has 3 aromatic rings. The van der Waals surface area contributed by atoms with Crippen LogP contribution in [0.5, 0.6) is 11.5 Å². The molecule has 0 aliphatic heterocycles. The van der Waals surface area contributed by atoms with E-state index in [0.29, 0.717) is 38.9 Å². The lowest BCUT2D eigenvalue weighted by Gasteiger charge is -2.15.